The first-order valence-corrected chi connectivity index (χ1v) is 9.61. The lowest BCUT2D eigenvalue weighted by atomic mass is 10.1. The highest BCUT2D eigenvalue weighted by Crippen LogP contribution is 2.32. The smallest absolute Gasteiger partial charge is 0.226 e. The van der Waals surface area contributed by atoms with Crippen LogP contribution < -0.4 is 10.6 Å². The summed E-state index contributed by atoms with van der Waals surface area (Å²) in [5.41, 5.74) is 2.95. The van der Waals surface area contributed by atoms with Gasteiger partial charge >= 0.3 is 0 Å². The first-order chi connectivity index (χ1) is 11.6. The summed E-state index contributed by atoms with van der Waals surface area (Å²) in [6, 6.07) is 6.16. The Balaban J connectivity index is 1.58. The average Bonchev–Trinajstić information content (AvgIpc) is 2.96. The molecule has 1 aliphatic rings. The number of rotatable bonds is 5. The van der Waals surface area contributed by atoms with E-state index in [9.17, 15) is 4.79 Å². The Labute approximate surface area is 150 Å². The molecule has 1 amide bonds. The number of nitrogens with one attached hydrogen (secondary N) is 2. The number of nitrogens with zero attached hydrogens (tertiary/aromatic N) is 1. The van der Waals surface area contributed by atoms with Crippen LogP contribution >= 0.6 is 23.1 Å². The highest BCUT2D eigenvalue weighted by atomic mass is 32.2. The van der Waals surface area contributed by atoms with Gasteiger partial charge in [-0.1, -0.05) is 11.8 Å². The van der Waals surface area contributed by atoms with Gasteiger partial charge in [0.1, 0.15) is 0 Å². The Morgan fingerprint density at radius 2 is 2.38 bits per heavy atom. The van der Waals surface area contributed by atoms with Gasteiger partial charge in [0.2, 0.25) is 5.91 Å². The average molecular weight is 364 g/mol. The second-order valence-corrected chi connectivity index (χ2v) is 7.99. The van der Waals surface area contributed by atoms with Crippen LogP contribution in [0.2, 0.25) is 0 Å². The third-order valence-electron chi connectivity index (χ3n) is 3.71. The van der Waals surface area contributed by atoms with Gasteiger partial charge in [-0.2, -0.15) is 0 Å². The zero-order chi connectivity index (χ0) is 16.9. The summed E-state index contributed by atoms with van der Waals surface area (Å²) in [6.45, 7) is 6.12. The number of amides is 1. The molecule has 0 spiro atoms. The summed E-state index contributed by atoms with van der Waals surface area (Å²) in [7, 11) is 0. The molecule has 0 radical (unpaired) electrons. The van der Waals surface area contributed by atoms with Gasteiger partial charge in [0.05, 0.1) is 13.2 Å². The van der Waals surface area contributed by atoms with E-state index in [1.54, 1.807) is 23.1 Å². The van der Waals surface area contributed by atoms with E-state index in [1.165, 1.54) is 0 Å². The fourth-order valence-corrected chi connectivity index (χ4v) is 4.41. The molecule has 0 bridgehead atoms. The minimum absolute atomic E-state index is 0.0112. The standard InChI is InChI=1S/C17H21N3O2S2/c1-11-7-14(24-17-19-12(2)10-23-17)3-4-15(11)20-16(21)8-13-9-22-6-5-18-13/h3-4,7,10,13,18H,5-6,8-9H2,1-2H3,(H,20,21). The van der Waals surface area contributed by atoms with Gasteiger partial charge in [-0.25, -0.2) is 4.98 Å². The van der Waals surface area contributed by atoms with Crippen LogP contribution in [0.25, 0.3) is 0 Å². The molecule has 1 aromatic heterocycles. The maximum Gasteiger partial charge on any atom is 0.226 e. The Kier molecular flexibility index (Phi) is 5.89. The Bertz CT molecular complexity index is 712. The lowest BCUT2D eigenvalue weighted by Gasteiger charge is -2.23. The Morgan fingerprint density at radius 1 is 1.50 bits per heavy atom. The SMILES string of the molecule is Cc1csc(Sc2ccc(NC(=O)CC3COCCN3)c(C)c2)n1. The number of morpholine rings is 1. The van der Waals surface area contributed by atoms with Crippen molar-refractivity contribution >= 4 is 34.7 Å². The molecule has 24 heavy (non-hydrogen) atoms. The summed E-state index contributed by atoms with van der Waals surface area (Å²) < 4.78 is 6.42. The molecule has 128 valence electrons. The largest absolute Gasteiger partial charge is 0.378 e. The molecule has 2 aromatic rings. The Morgan fingerprint density at radius 3 is 3.04 bits per heavy atom. The lowest BCUT2D eigenvalue weighted by Crippen LogP contribution is -2.43. The van der Waals surface area contributed by atoms with Crippen molar-refractivity contribution in [2.75, 3.05) is 25.1 Å². The summed E-state index contributed by atoms with van der Waals surface area (Å²) in [4.78, 5) is 17.8. The number of aromatic nitrogens is 1. The van der Waals surface area contributed by atoms with Gasteiger partial charge in [0.25, 0.3) is 0 Å². The van der Waals surface area contributed by atoms with Crippen LogP contribution in [0.4, 0.5) is 5.69 Å². The fourth-order valence-electron chi connectivity index (χ4n) is 2.50. The van der Waals surface area contributed by atoms with Crippen molar-refractivity contribution in [2.24, 2.45) is 0 Å². The second-order valence-electron chi connectivity index (χ2n) is 5.81. The van der Waals surface area contributed by atoms with E-state index < -0.39 is 0 Å². The van der Waals surface area contributed by atoms with E-state index in [-0.39, 0.29) is 11.9 Å². The summed E-state index contributed by atoms with van der Waals surface area (Å²) in [6.07, 6.45) is 0.425. The molecule has 2 heterocycles. The van der Waals surface area contributed by atoms with Crippen LogP contribution in [0, 0.1) is 13.8 Å². The minimum Gasteiger partial charge on any atom is -0.378 e. The van der Waals surface area contributed by atoms with Crippen molar-refractivity contribution in [1.29, 1.82) is 0 Å². The van der Waals surface area contributed by atoms with Crippen LogP contribution in [0.1, 0.15) is 17.7 Å². The summed E-state index contributed by atoms with van der Waals surface area (Å²) in [5, 5.41) is 8.34. The van der Waals surface area contributed by atoms with Gasteiger partial charge in [-0.15, -0.1) is 11.3 Å². The van der Waals surface area contributed by atoms with E-state index in [2.05, 4.69) is 21.7 Å². The lowest BCUT2D eigenvalue weighted by molar-refractivity contribution is -0.117. The zero-order valence-electron chi connectivity index (χ0n) is 13.8. The number of ether oxygens (including phenoxy) is 1. The van der Waals surface area contributed by atoms with Gasteiger partial charge in [0.15, 0.2) is 4.34 Å². The van der Waals surface area contributed by atoms with Crippen LogP contribution in [0.3, 0.4) is 0 Å². The zero-order valence-corrected chi connectivity index (χ0v) is 15.4. The van der Waals surface area contributed by atoms with Gasteiger partial charge < -0.3 is 15.4 Å². The minimum atomic E-state index is 0.0112. The van der Waals surface area contributed by atoms with Gasteiger partial charge in [-0.05, 0) is 37.6 Å². The van der Waals surface area contributed by atoms with E-state index >= 15 is 0 Å². The maximum absolute atomic E-state index is 12.2. The molecule has 1 saturated heterocycles. The van der Waals surface area contributed by atoms with Crippen molar-refractivity contribution in [3.05, 3.63) is 34.8 Å². The van der Waals surface area contributed by atoms with Crippen molar-refractivity contribution in [2.45, 2.75) is 35.5 Å². The number of hydrogen-bond acceptors (Lipinski definition) is 6. The molecule has 1 atom stereocenters. The number of carbonyl (C=O) groups excluding carboxylic acids is 1. The molecular formula is C17H21N3O2S2. The van der Waals surface area contributed by atoms with Crippen LogP contribution in [-0.2, 0) is 9.53 Å². The first-order valence-electron chi connectivity index (χ1n) is 7.92. The predicted octanol–water partition coefficient (Wildman–Crippen LogP) is 3.23. The topological polar surface area (TPSA) is 63.2 Å². The first kappa shape index (κ1) is 17.4. The molecule has 3 rings (SSSR count). The third kappa shape index (κ3) is 4.80. The van der Waals surface area contributed by atoms with Crippen molar-refractivity contribution in [3.8, 4) is 0 Å². The third-order valence-corrected chi connectivity index (χ3v) is 5.75. The maximum atomic E-state index is 12.2. The second kappa shape index (κ2) is 8.11. The molecule has 1 aromatic carbocycles. The molecule has 1 fully saturated rings. The van der Waals surface area contributed by atoms with Crippen molar-refractivity contribution in [1.82, 2.24) is 10.3 Å². The van der Waals surface area contributed by atoms with Crippen LogP contribution in [-0.4, -0.2) is 36.7 Å². The fraction of sp³-hybridized carbons (Fsp3) is 0.412. The van der Waals surface area contributed by atoms with Crippen LogP contribution in [0.15, 0.2) is 32.8 Å². The molecule has 5 nitrogen and oxygen atoms in total. The molecule has 2 N–H and O–H groups in total. The van der Waals surface area contributed by atoms with E-state index in [0.29, 0.717) is 13.0 Å². The Hall–Kier alpha value is -1.41. The van der Waals surface area contributed by atoms with Crippen molar-refractivity contribution < 1.29 is 9.53 Å². The number of hydrogen-bond donors (Lipinski definition) is 2. The highest BCUT2D eigenvalue weighted by molar-refractivity contribution is 8.01. The molecular weight excluding hydrogens is 342 g/mol. The van der Waals surface area contributed by atoms with E-state index in [4.69, 9.17) is 4.74 Å². The number of anilines is 1. The predicted molar refractivity (Wildman–Crippen MR) is 98.0 cm³/mol. The summed E-state index contributed by atoms with van der Waals surface area (Å²) >= 11 is 3.29. The summed E-state index contributed by atoms with van der Waals surface area (Å²) in [5.74, 6) is 0.0112. The number of aryl methyl sites for hydroxylation is 2. The van der Waals surface area contributed by atoms with E-state index in [0.717, 1.165) is 39.3 Å². The molecule has 0 aliphatic carbocycles. The number of thiazole rings is 1. The highest BCUT2D eigenvalue weighted by Gasteiger charge is 2.17. The molecule has 0 saturated carbocycles. The van der Waals surface area contributed by atoms with Gasteiger partial charge in [0, 0.05) is 40.7 Å². The molecule has 1 aliphatic heterocycles. The number of benzene rings is 1. The monoisotopic (exact) mass is 363 g/mol. The number of carbonyl (C=O) groups is 1. The quantitative estimate of drug-likeness (QED) is 0.854. The van der Waals surface area contributed by atoms with Crippen LogP contribution in [0.5, 0.6) is 0 Å². The van der Waals surface area contributed by atoms with Crippen molar-refractivity contribution in [3.63, 3.8) is 0 Å². The van der Waals surface area contributed by atoms with E-state index in [1.807, 2.05) is 31.4 Å². The van der Waals surface area contributed by atoms with Gasteiger partial charge in [-0.3, -0.25) is 4.79 Å². The molecule has 7 heteroatoms. The normalized spacial score (nSPS) is 17.7. The molecule has 1 unspecified atom stereocenters.